The number of anilines is 2. The first-order valence-corrected chi connectivity index (χ1v) is 8.02. The molecule has 2 fully saturated rings. The van der Waals surface area contributed by atoms with Crippen molar-refractivity contribution in [3.8, 4) is 0 Å². The summed E-state index contributed by atoms with van der Waals surface area (Å²) in [4.78, 5) is 11.7. The van der Waals surface area contributed by atoms with Crippen LogP contribution < -0.4 is 10.6 Å². The lowest BCUT2D eigenvalue weighted by Crippen LogP contribution is -2.39. The van der Waals surface area contributed by atoms with Gasteiger partial charge in [-0.25, -0.2) is 9.97 Å². The Kier molecular flexibility index (Phi) is 4.87. The van der Waals surface area contributed by atoms with E-state index in [0.29, 0.717) is 5.92 Å². The normalized spacial score (nSPS) is 19.5. The van der Waals surface area contributed by atoms with Crippen LogP contribution in [0.15, 0.2) is 6.07 Å². The highest BCUT2D eigenvalue weighted by atomic mass is 16.5. The fourth-order valence-corrected chi connectivity index (χ4v) is 2.52. The molecule has 0 aromatic carbocycles. The van der Waals surface area contributed by atoms with Gasteiger partial charge in [0.25, 0.3) is 0 Å². The van der Waals surface area contributed by atoms with Gasteiger partial charge < -0.3 is 15.4 Å². The van der Waals surface area contributed by atoms with Crippen LogP contribution in [0.3, 0.4) is 0 Å². The van der Waals surface area contributed by atoms with Crippen LogP contribution >= 0.6 is 0 Å². The van der Waals surface area contributed by atoms with Crippen molar-refractivity contribution in [1.29, 1.82) is 0 Å². The Bertz CT molecular complexity index is 457. The Morgan fingerprint density at radius 1 is 1.19 bits per heavy atom. The van der Waals surface area contributed by atoms with Gasteiger partial charge in [0.05, 0.1) is 13.2 Å². The van der Waals surface area contributed by atoms with Crippen LogP contribution in [-0.2, 0) is 4.74 Å². The highest BCUT2D eigenvalue weighted by molar-refractivity contribution is 5.48. The van der Waals surface area contributed by atoms with E-state index >= 15 is 0 Å². The van der Waals surface area contributed by atoms with Gasteiger partial charge in [-0.3, -0.25) is 4.90 Å². The maximum Gasteiger partial charge on any atom is 0.136 e. The minimum Gasteiger partial charge on any atom is -0.379 e. The molecular weight excluding hydrogens is 266 g/mol. The van der Waals surface area contributed by atoms with E-state index in [1.54, 1.807) is 0 Å². The van der Waals surface area contributed by atoms with Gasteiger partial charge in [-0.15, -0.1) is 0 Å². The summed E-state index contributed by atoms with van der Waals surface area (Å²) in [5, 5.41) is 6.73. The van der Waals surface area contributed by atoms with E-state index in [4.69, 9.17) is 4.74 Å². The minimum absolute atomic E-state index is 0.573. The maximum atomic E-state index is 5.37. The van der Waals surface area contributed by atoms with Crippen molar-refractivity contribution in [3.63, 3.8) is 0 Å². The third-order valence-electron chi connectivity index (χ3n) is 3.88. The third kappa shape index (κ3) is 4.28. The molecule has 3 rings (SSSR count). The Hall–Kier alpha value is -1.40. The monoisotopic (exact) mass is 291 g/mol. The predicted molar refractivity (Wildman–Crippen MR) is 83.9 cm³/mol. The van der Waals surface area contributed by atoms with Crippen molar-refractivity contribution in [2.45, 2.75) is 25.7 Å². The van der Waals surface area contributed by atoms with E-state index < -0.39 is 0 Å². The van der Waals surface area contributed by atoms with Crippen LogP contribution in [0, 0.1) is 0 Å². The van der Waals surface area contributed by atoms with Crippen molar-refractivity contribution in [1.82, 2.24) is 14.9 Å². The van der Waals surface area contributed by atoms with Gasteiger partial charge in [-0.1, -0.05) is 0 Å². The quantitative estimate of drug-likeness (QED) is 0.794. The molecule has 1 saturated carbocycles. The van der Waals surface area contributed by atoms with E-state index in [-0.39, 0.29) is 0 Å². The summed E-state index contributed by atoms with van der Waals surface area (Å²) in [6, 6.07) is 2.01. The molecule has 0 atom stereocenters. The molecule has 6 nitrogen and oxygen atoms in total. The largest absolute Gasteiger partial charge is 0.379 e. The second-order valence-electron chi connectivity index (χ2n) is 5.68. The fraction of sp³-hybridized carbons (Fsp3) is 0.733. The zero-order chi connectivity index (χ0) is 14.5. The summed E-state index contributed by atoms with van der Waals surface area (Å²) in [5.74, 6) is 3.44. The molecule has 2 heterocycles. The summed E-state index contributed by atoms with van der Waals surface area (Å²) in [5.41, 5.74) is 0. The number of hydrogen-bond donors (Lipinski definition) is 2. The summed E-state index contributed by atoms with van der Waals surface area (Å²) in [7, 11) is 0. The number of hydrogen-bond acceptors (Lipinski definition) is 6. The SMILES string of the molecule is CCNc1cc(NCCN2CCOCC2)nc(C2CC2)n1. The van der Waals surface area contributed by atoms with Crippen molar-refractivity contribution >= 4 is 11.6 Å². The van der Waals surface area contributed by atoms with Gasteiger partial charge >= 0.3 is 0 Å². The van der Waals surface area contributed by atoms with Crippen LogP contribution in [0.25, 0.3) is 0 Å². The number of nitrogens with zero attached hydrogens (tertiary/aromatic N) is 3. The van der Waals surface area contributed by atoms with Crippen LogP contribution in [-0.4, -0.2) is 60.8 Å². The number of nitrogens with one attached hydrogen (secondary N) is 2. The lowest BCUT2D eigenvalue weighted by Gasteiger charge is -2.26. The van der Waals surface area contributed by atoms with E-state index in [9.17, 15) is 0 Å². The average molecular weight is 291 g/mol. The first-order valence-electron chi connectivity index (χ1n) is 8.02. The number of ether oxygens (including phenoxy) is 1. The van der Waals surface area contributed by atoms with Crippen molar-refractivity contribution in [2.24, 2.45) is 0 Å². The van der Waals surface area contributed by atoms with Crippen molar-refractivity contribution < 1.29 is 4.74 Å². The molecular formula is C15H25N5O. The predicted octanol–water partition coefficient (Wildman–Crippen LogP) is 1.53. The third-order valence-corrected chi connectivity index (χ3v) is 3.88. The Morgan fingerprint density at radius 3 is 2.57 bits per heavy atom. The lowest BCUT2D eigenvalue weighted by atomic mass is 10.3. The summed E-state index contributed by atoms with van der Waals surface area (Å²) < 4.78 is 5.37. The lowest BCUT2D eigenvalue weighted by molar-refractivity contribution is 0.0398. The van der Waals surface area contributed by atoms with Gasteiger partial charge in [0.1, 0.15) is 17.5 Å². The zero-order valence-corrected chi connectivity index (χ0v) is 12.8. The molecule has 6 heteroatoms. The first-order chi connectivity index (χ1) is 10.3. The first kappa shape index (κ1) is 14.5. The molecule has 1 aliphatic heterocycles. The summed E-state index contributed by atoms with van der Waals surface area (Å²) in [6.07, 6.45) is 2.45. The summed E-state index contributed by atoms with van der Waals surface area (Å²) in [6.45, 7) is 8.67. The fourth-order valence-electron chi connectivity index (χ4n) is 2.52. The van der Waals surface area contributed by atoms with Crippen LogP contribution in [0.2, 0.25) is 0 Å². The molecule has 0 unspecified atom stereocenters. The molecule has 1 aromatic rings. The molecule has 0 radical (unpaired) electrons. The van der Waals surface area contributed by atoms with Gasteiger partial charge in [-0.2, -0.15) is 0 Å². The highest BCUT2D eigenvalue weighted by Crippen LogP contribution is 2.38. The molecule has 1 aromatic heterocycles. The van der Waals surface area contributed by atoms with Crippen molar-refractivity contribution in [3.05, 3.63) is 11.9 Å². The second-order valence-corrected chi connectivity index (χ2v) is 5.68. The molecule has 2 aliphatic rings. The van der Waals surface area contributed by atoms with Gasteiger partial charge in [0, 0.05) is 44.7 Å². The topological polar surface area (TPSA) is 62.3 Å². The maximum absolute atomic E-state index is 5.37. The average Bonchev–Trinajstić information content (AvgIpc) is 3.33. The Balaban J connectivity index is 1.55. The molecule has 21 heavy (non-hydrogen) atoms. The van der Waals surface area contributed by atoms with Crippen LogP contribution in [0.5, 0.6) is 0 Å². The van der Waals surface area contributed by atoms with Gasteiger partial charge in [0.2, 0.25) is 0 Å². The van der Waals surface area contributed by atoms with Gasteiger partial charge in [0.15, 0.2) is 0 Å². The summed E-state index contributed by atoms with van der Waals surface area (Å²) >= 11 is 0. The highest BCUT2D eigenvalue weighted by Gasteiger charge is 2.27. The molecule has 0 bridgehead atoms. The number of morpholine rings is 1. The molecule has 1 aliphatic carbocycles. The van der Waals surface area contributed by atoms with Crippen LogP contribution in [0.4, 0.5) is 11.6 Å². The minimum atomic E-state index is 0.573. The van der Waals surface area contributed by atoms with E-state index in [1.165, 1.54) is 12.8 Å². The smallest absolute Gasteiger partial charge is 0.136 e. The van der Waals surface area contributed by atoms with Gasteiger partial charge in [-0.05, 0) is 19.8 Å². The molecule has 0 amide bonds. The van der Waals surface area contributed by atoms with Crippen molar-refractivity contribution in [2.75, 3.05) is 56.6 Å². The molecule has 116 valence electrons. The Morgan fingerprint density at radius 2 is 1.90 bits per heavy atom. The number of aromatic nitrogens is 2. The van der Waals surface area contributed by atoms with E-state index in [1.807, 2.05) is 6.07 Å². The van der Waals surface area contributed by atoms with Crippen LogP contribution in [0.1, 0.15) is 31.5 Å². The second kappa shape index (κ2) is 7.04. The number of rotatable bonds is 7. The molecule has 2 N–H and O–H groups in total. The zero-order valence-electron chi connectivity index (χ0n) is 12.8. The van der Waals surface area contributed by atoms with E-state index in [2.05, 4.69) is 32.4 Å². The molecule has 0 spiro atoms. The van der Waals surface area contributed by atoms with E-state index in [0.717, 1.165) is 63.4 Å². The Labute approximate surface area is 126 Å². The molecule has 1 saturated heterocycles. The standard InChI is InChI=1S/C15H25N5O/c1-2-16-13-11-14(19-15(18-13)12-3-4-12)17-5-6-20-7-9-21-10-8-20/h11-12H,2-10H2,1H3,(H2,16,17,18,19).